The minimum Gasteiger partial charge on any atom is -0.495 e. The zero-order valence-corrected chi connectivity index (χ0v) is 21.4. The van der Waals surface area contributed by atoms with Gasteiger partial charge in [0.15, 0.2) is 6.10 Å². The molecule has 0 aliphatic carbocycles. The number of amides is 1. The Balaban J connectivity index is 2.19. The van der Waals surface area contributed by atoms with Crippen molar-refractivity contribution in [1.82, 2.24) is 10.0 Å². The summed E-state index contributed by atoms with van der Waals surface area (Å²) < 4.78 is 38.7. The summed E-state index contributed by atoms with van der Waals surface area (Å²) in [5.41, 5.74) is 0.219. The molecule has 186 valence electrons. The highest BCUT2D eigenvalue weighted by Gasteiger charge is 2.28. The number of hydrogen-bond acceptors (Lipinski definition) is 6. The Bertz CT molecular complexity index is 1090. The van der Waals surface area contributed by atoms with Crippen LogP contribution in [0.25, 0.3) is 0 Å². The number of nitrogens with one attached hydrogen (secondary N) is 2. The largest absolute Gasteiger partial charge is 0.495 e. The molecule has 0 bridgehead atoms. The van der Waals surface area contributed by atoms with Crippen LogP contribution in [-0.2, 0) is 19.6 Å². The van der Waals surface area contributed by atoms with Gasteiger partial charge in [-0.05, 0) is 57.9 Å². The monoisotopic (exact) mass is 490 g/mol. The van der Waals surface area contributed by atoms with E-state index in [2.05, 4.69) is 10.0 Å². The summed E-state index contributed by atoms with van der Waals surface area (Å²) in [7, 11) is -2.63. The molecular formula is C25H34N2O6S. The lowest BCUT2D eigenvalue weighted by Crippen LogP contribution is -2.40. The molecule has 2 rings (SSSR count). The average molecular weight is 491 g/mol. The molecule has 0 saturated carbocycles. The SMILES string of the molecule is CCCC(NC(=O)C(C)OC(=O)c1ccc(OC)c(S(=O)(=O)NC(C)(C)C)c1)c1ccccc1. The van der Waals surface area contributed by atoms with Crippen LogP contribution in [0.15, 0.2) is 53.4 Å². The van der Waals surface area contributed by atoms with Gasteiger partial charge in [-0.2, -0.15) is 0 Å². The Morgan fingerprint density at radius 3 is 2.26 bits per heavy atom. The van der Waals surface area contributed by atoms with Crippen molar-refractivity contribution in [3.63, 3.8) is 0 Å². The fourth-order valence-corrected chi connectivity index (χ4v) is 4.95. The van der Waals surface area contributed by atoms with Crippen molar-refractivity contribution in [3.8, 4) is 5.75 Å². The van der Waals surface area contributed by atoms with Crippen LogP contribution in [-0.4, -0.2) is 39.0 Å². The van der Waals surface area contributed by atoms with E-state index in [4.69, 9.17) is 9.47 Å². The maximum atomic E-state index is 12.8. The van der Waals surface area contributed by atoms with Gasteiger partial charge in [-0.1, -0.05) is 43.7 Å². The number of sulfonamides is 1. The lowest BCUT2D eigenvalue weighted by atomic mass is 10.0. The van der Waals surface area contributed by atoms with E-state index in [0.717, 1.165) is 18.4 Å². The van der Waals surface area contributed by atoms with Gasteiger partial charge in [-0.15, -0.1) is 0 Å². The van der Waals surface area contributed by atoms with E-state index < -0.39 is 33.5 Å². The van der Waals surface area contributed by atoms with Crippen molar-refractivity contribution < 1.29 is 27.5 Å². The molecule has 9 heteroatoms. The number of ether oxygens (including phenoxy) is 2. The summed E-state index contributed by atoms with van der Waals surface area (Å²) in [6, 6.07) is 13.3. The molecule has 1 amide bonds. The summed E-state index contributed by atoms with van der Waals surface area (Å²) in [5.74, 6) is -1.17. The molecule has 2 aromatic carbocycles. The van der Waals surface area contributed by atoms with Crippen molar-refractivity contribution in [2.75, 3.05) is 7.11 Å². The van der Waals surface area contributed by atoms with E-state index in [0.29, 0.717) is 0 Å². The molecule has 8 nitrogen and oxygen atoms in total. The normalized spacial score (nSPS) is 13.6. The molecule has 2 aromatic rings. The predicted molar refractivity (Wildman–Crippen MR) is 130 cm³/mol. The molecule has 0 aromatic heterocycles. The quantitative estimate of drug-likeness (QED) is 0.488. The summed E-state index contributed by atoms with van der Waals surface area (Å²) in [5, 5.41) is 2.93. The first-order valence-electron chi connectivity index (χ1n) is 11.2. The minimum atomic E-state index is -3.98. The van der Waals surface area contributed by atoms with Crippen LogP contribution in [0.3, 0.4) is 0 Å². The second-order valence-electron chi connectivity index (χ2n) is 9.03. The van der Waals surface area contributed by atoms with E-state index >= 15 is 0 Å². The van der Waals surface area contributed by atoms with E-state index in [9.17, 15) is 18.0 Å². The zero-order valence-electron chi connectivity index (χ0n) is 20.5. The van der Waals surface area contributed by atoms with Gasteiger partial charge in [0, 0.05) is 5.54 Å². The van der Waals surface area contributed by atoms with Gasteiger partial charge in [-0.3, -0.25) is 4.79 Å². The third-order valence-electron chi connectivity index (χ3n) is 4.88. The van der Waals surface area contributed by atoms with Crippen molar-refractivity contribution in [1.29, 1.82) is 0 Å². The number of carbonyl (C=O) groups is 2. The summed E-state index contributed by atoms with van der Waals surface area (Å²) in [6.45, 7) is 8.61. The third-order valence-corrected chi connectivity index (χ3v) is 6.66. The average Bonchev–Trinajstić information content (AvgIpc) is 2.77. The third kappa shape index (κ3) is 7.56. The van der Waals surface area contributed by atoms with Crippen LogP contribution in [0.1, 0.15) is 69.4 Å². The van der Waals surface area contributed by atoms with Crippen LogP contribution < -0.4 is 14.8 Å². The van der Waals surface area contributed by atoms with Gasteiger partial charge in [0.25, 0.3) is 5.91 Å². The number of methoxy groups -OCH3 is 1. The molecule has 0 radical (unpaired) electrons. The molecule has 2 unspecified atom stereocenters. The smallest absolute Gasteiger partial charge is 0.338 e. The Labute approximate surface area is 202 Å². The molecular weight excluding hydrogens is 456 g/mol. The number of hydrogen-bond donors (Lipinski definition) is 2. The number of benzene rings is 2. The van der Waals surface area contributed by atoms with Crippen molar-refractivity contribution in [3.05, 3.63) is 59.7 Å². The first-order chi connectivity index (χ1) is 15.9. The van der Waals surface area contributed by atoms with Gasteiger partial charge in [0.05, 0.1) is 18.7 Å². The van der Waals surface area contributed by atoms with Crippen molar-refractivity contribution in [2.24, 2.45) is 0 Å². The second-order valence-corrected chi connectivity index (χ2v) is 10.7. The summed E-state index contributed by atoms with van der Waals surface area (Å²) >= 11 is 0. The first-order valence-corrected chi connectivity index (χ1v) is 12.6. The predicted octanol–water partition coefficient (Wildman–Crippen LogP) is 3.97. The fourth-order valence-electron chi connectivity index (χ4n) is 3.34. The molecule has 0 aliphatic rings. The van der Waals surface area contributed by atoms with Crippen LogP contribution in [0, 0.1) is 0 Å². The van der Waals surface area contributed by atoms with Gasteiger partial charge in [0.2, 0.25) is 10.0 Å². The highest BCUT2D eigenvalue weighted by Crippen LogP contribution is 2.26. The minimum absolute atomic E-state index is 0.0112. The van der Waals surface area contributed by atoms with Crippen LogP contribution in [0.5, 0.6) is 5.75 Å². The molecule has 0 heterocycles. The molecule has 0 fully saturated rings. The molecule has 0 saturated heterocycles. The van der Waals surface area contributed by atoms with Crippen LogP contribution in [0.2, 0.25) is 0 Å². The number of carbonyl (C=O) groups excluding carboxylic acids is 2. The molecule has 2 atom stereocenters. The summed E-state index contributed by atoms with van der Waals surface area (Å²) in [6.07, 6.45) is 0.516. The highest BCUT2D eigenvalue weighted by atomic mass is 32.2. The lowest BCUT2D eigenvalue weighted by molar-refractivity contribution is -0.129. The van der Waals surface area contributed by atoms with E-state index in [1.54, 1.807) is 20.8 Å². The molecule has 34 heavy (non-hydrogen) atoms. The maximum absolute atomic E-state index is 12.8. The summed E-state index contributed by atoms with van der Waals surface area (Å²) in [4.78, 5) is 25.3. The van der Waals surface area contributed by atoms with E-state index in [-0.39, 0.29) is 22.3 Å². The van der Waals surface area contributed by atoms with E-state index in [1.807, 2.05) is 37.3 Å². The maximum Gasteiger partial charge on any atom is 0.338 e. The molecule has 2 N–H and O–H groups in total. The Morgan fingerprint density at radius 2 is 1.71 bits per heavy atom. The van der Waals surface area contributed by atoms with E-state index in [1.165, 1.54) is 32.2 Å². The topological polar surface area (TPSA) is 111 Å². The van der Waals surface area contributed by atoms with Gasteiger partial charge in [0.1, 0.15) is 10.6 Å². The Morgan fingerprint density at radius 1 is 1.06 bits per heavy atom. The van der Waals surface area contributed by atoms with Gasteiger partial charge >= 0.3 is 5.97 Å². The van der Waals surface area contributed by atoms with Gasteiger partial charge < -0.3 is 14.8 Å². The lowest BCUT2D eigenvalue weighted by Gasteiger charge is -2.22. The van der Waals surface area contributed by atoms with Crippen LogP contribution in [0.4, 0.5) is 0 Å². The second kappa shape index (κ2) is 11.5. The van der Waals surface area contributed by atoms with Crippen LogP contribution >= 0.6 is 0 Å². The first kappa shape index (κ1) is 27.3. The number of rotatable bonds is 10. The highest BCUT2D eigenvalue weighted by molar-refractivity contribution is 7.89. The van der Waals surface area contributed by atoms with Crippen molar-refractivity contribution >= 4 is 21.9 Å². The number of esters is 1. The molecule has 0 aliphatic heterocycles. The Hall–Kier alpha value is -2.91. The van der Waals surface area contributed by atoms with Gasteiger partial charge in [-0.25, -0.2) is 17.9 Å². The Kier molecular flexibility index (Phi) is 9.23. The van der Waals surface area contributed by atoms with Crippen molar-refractivity contribution in [2.45, 2.75) is 70.0 Å². The molecule has 0 spiro atoms. The zero-order chi connectivity index (χ0) is 25.5. The standard InChI is InChI=1S/C25H34N2O6S/c1-7-11-20(18-12-9-8-10-13-18)26-23(28)17(2)33-24(29)19-14-15-21(32-6)22(16-19)34(30,31)27-25(3,4)5/h8-10,12-17,20,27H,7,11H2,1-6H3,(H,26,28). The fraction of sp³-hybridized carbons (Fsp3) is 0.440.